The number of carbonyl (C=O) groups is 4. The molecule has 0 aliphatic carbocycles. The normalized spacial score (nSPS) is 12.0. The van der Waals surface area contributed by atoms with Gasteiger partial charge in [-0.1, -0.05) is 136 Å². The number of esters is 2. The summed E-state index contributed by atoms with van der Waals surface area (Å²) in [5.41, 5.74) is 0. The van der Waals surface area contributed by atoms with Crippen LogP contribution in [0, 0.1) is 0 Å². The maximum atomic E-state index is 11.5. The Morgan fingerprint density at radius 2 is 0.709 bits per heavy atom. The Hall–Kier alpha value is -0.380. The van der Waals surface area contributed by atoms with Crippen molar-refractivity contribution in [3.63, 3.8) is 0 Å². The Morgan fingerprint density at radius 3 is 0.891 bits per heavy atom. The molecule has 0 aromatic carbocycles. The van der Waals surface area contributed by atoms with Crippen molar-refractivity contribution in [3.8, 4) is 0 Å². The molecule has 0 saturated heterocycles. The van der Waals surface area contributed by atoms with Gasteiger partial charge in [0.25, 0.3) is 20.2 Å². The standard InChI is InChI=1S/2C16H30O7S.C3H8O2.2Na/c2*1-2-3-4-5-6-7-8-9-10-11-12-23-16(19)14(13-15(17)18)24(20,21)22;1-2-3(4)5;;/h2*14H,2-13H2,1H3,(H,17,18)(H,20,21,22);3-5H,2H2,1H3;;/q;;;2*+1/p-2. The van der Waals surface area contributed by atoms with Gasteiger partial charge in [0, 0.05) is 24.8 Å². The fourth-order valence-corrected chi connectivity index (χ4v) is 5.95. The number of aliphatic hydroxyl groups excluding tert-OH is 1. The number of aliphatic hydroxyl groups is 2. The van der Waals surface area contributed by atoms with Gasteiger partial charge < -0.3 is 39.5 Å². The number of carboxylic acids is 2. The van der Waals surface area contributed by atoms with Crippen LogP contribution in [-0.2, 0) is 48.9 Å². The third-order valence-corrected chi connectivity index (χ3v) is 9.96. The summed E-state index contributed by atoms with van der Waals surface area (Å²) in [5.74, 6) is -5.99. The molecule has 0 aliphatic rings. The molecule has 0 rings (SSSR count). The van der Waals surface area contributed by atoms with Crippen LogP contribution < -0.4 is 69.3 Å². The van der Waals surface area contributed by atoms with Gasteiger partial charge >= 0.3 is 71.1 Å². The van der Waals surface area contributed by atoms with Crippen LogP contribution in [-0.4, -0.2) is 90.0 Å². The van der Waals surface area contributed by atoms with Gasteiger partial charge in [-0.2, -0.15) is 16.8 Å². The van der Waals surface area contributed by atoms with Crippen LogP contribution >= 0.6 is 0 Å². The van der Waals surface area contributed by atoms with Crippen molar-refractivity contribution in [1.82, 2.24) is 0 Å². The molecular weight excluding hydrogens is 786 g/mol. The number of hydrogen-bond donors (Lipinski definition) is 4. The average molecular weight is 853 g/mol. The number of carbonyl (C=O) groups excluding carboxylic acids is 4. The zero-order valence-corrected chi connectivity index (χ0v) is 39.5. The molecular formula is C35H66Na2O16S2. The summed E-state index contributed by atoms with van der Waals surface area (Å²) < 4.78 is 71.1. The summed E-state index contributed by atoms with van der Waals surface area (Å²) in [4.78, 5) is 43.9. The molecule has 0 fully saturated rings. The van der Waals surface area contributed by atoms with Crippen molar-refractivity contribution in [3.05, 3.63) is 0 Å². The van der Waals surface area contributed by atoms with Crippen molar-refractivity contribution < 1.29 is 134 Å². The van der Waals surface area contributed by atoms with Crippen LogP contribution in [0.25, 0.3) is 0 Å². The molecule has 316 valence electrons. The van der Waals surface area contributed by atoms with E-state index in [1.165, 1.54) is 77.0 Å². The number of rotatable bonds is 31. The Labute approximate surface area is 373 Å². The molecule has 0 radical (unpaired) electrons. The van der Waals surface area contributed by atoms with E-state index < -0.39 is 73.7 Å². The summed E-state index contributed by atoms with van der Waals surface area (Å²) in [6, 6.07) is 0. The predicted octanol–water partition coefficient (Wildman–Crippen LogP) is -2.59. The Morgan fingerprint density at radius 1 is 0.491 bits per heavy atom. The molecule has 0 amide bonds. The van der Waals surface area contributed by atoms with Crippen LogP contribution in [0.15, 0.2) is 0 Å². The van der Waals surface area contributed by atoms with Crippen LogP contribution in [0.2, 0.25) is 0 Å². The van der Waals surface area contributed by atoms with E-state index in [9.17, 15) is 46.2 Å². The fourth-order valence-electron chi connectivity index (χ4n) is 4.63. The molecule has 2 unspecified atom stereocenters. The zero-order chi connectivity index (χ0) is 41.1. The number of aliphatic carboxylic acids is 2. The summed E-state index contributed by atoms with van der Waals surface area (Å²) in [5, 5.41) is 32.4. The van der Waals surface area contributed by atoms with E-state index in [-0.39, 0.29) is 72.3 Å². The molecule has 0 bridgehead atoms. The van der Waals surface area contributed by atoms with Gasteiger partial charge in [0.15, 0.2) is 16.8 Å². The van der Waals surface area contributed by atoms with Gasteiger partial charge in [-0.25, -0.2) is 0 Å². The molecule has 0 aliphatic heterocycles. The first-order valence-corrected chi connectivity index (χ1v) is 21.9. The van der Waals surface area contributed by atoms with Gasteiger partial charge in [0.2, 0.25) is 0 Å². The summed E-state index contributed by atoms with van der Waals surface area (Å²) >= 11 is 0. The molecule has 16 nitrogen and oxygen atoms in total. The van der Waals surface area contributed by atoms with E-state index in [0.29, 0.717) is 19.3 Å². The average Bonchev–Trinajstić information content (AvgIpc) is 3.06. The predicted molar refractivity (Wildman–Crippen MR) is 194 cm³/mol. The molecule has 0 aromatic heterocycles. The largest absolute Gasteiger partial charge is 1.00 e. The minimum atomic E-state index is -4.82. The molecule has 0 heterocycles. The Kier molecular flexibility index (Phi) is 48.4. The number of ether oxygens (including phenoxy) is 2. The maximum Gasteiger partial charge on any atom is 1.00 e. The Balaban J connectivity index is -0.000000261. The SMILES string of the molecule is CCC(O)O.CCCCCCCCCCCCOC(=O)C(CC(=O)[O-])S(=O)(=O)O.CCCCCCCCCCCCOC(=O)C(CC(=O)[O-])S(=O)(=O)O.[Na+].[Na+]. The second kappa shape index (κ2) is 41.8. The summed E-state index contributed by atoms with van der Waals surface area (Å²) in [6.07, 6.45) is 19.1. The monoisotopic (exact) mass is 852 g/mol. The van der Waals surface area contributed by atoms with Gasteiger partial charge in [-0.05, 0) is 19.3 Å². The molecule has 20 heteroatoms. The maximum absolute atomic E-state index is 11.5. The van der Waals surface area contributed by atoms with Crippen LogP contribution in [0.1, 0.15) is 168 Å². The Bertz CT molecular complexity index is 1080. The number of carboxylic acid groups (broad SMARTS) is 2. The van der Waals surface area contributed by atoms with Crippen molar-refractivity contribution in [2.24, 2.45) is 0 Å². The first kappa shape index (κ1) is 63.8. The van der Waals surface area contributed by atoms with E-state index in [2.05, 4.69) is 13.8 Å². The first-order valence-electron chi connectivity index (χ1n) is 18.9. The van der Waals surface area contributed by atoms with Crippen molar-refractivity contribution in [1.29, 1.82) is 0 Å². The van der Waals surface area contributed by atoms with Crippen LogP contribution in [0.3, 0.4) is 0 Å². The second-order valence-corrected chi connectivity index (χ2v) is 15.9. The molecule has 2 atom stereocenters. The zero-order valence-electron chi connectivity index (χ0n) is 33.9. The van der Waals surface area contributed by atoms with Crippen molar-refractivity contribution in [2.75, 3.05) is 13.2 Å². The summed E-state index contributed by atoms with van der Waals surface area (Å²) in [6.45, 7) is 6.08. The molecule has 0 spiro atoms. The van der Waals surface area contributed by atoms with Crippen molar-refractivity contribution >= 4 is 44.1 Å². The number of unbranched alkanes of at least 4 members (excludes halogenated alkanes) is 18. The van der Waals surface area contributed by atoms with Gasteiger partial charge in [0.1, 0.15) is 0 Å². The smallest absolute Gasteiger partial charge is 0.550 e. The third-order valence-electron chi connectivity index (χ3n) is 7.80. The summed E-state index contributed by atoms with van der Waals surface area (Å²) in [7, 11) is -9.64. The van der Waals surface area contributed by atoms with E-state index in [0.717, 1.165) is 38.5 Å². The third kappa shape index (κ3) is 46.2. The second-order valence-electron chi connectivity index (χ2n) is 12.7. The topological polar surface area (TPSA) is 282 Å². The van der Waals surface area contributed by atoms with Gasteiger partial charge in [-0.15, -0.1) is 0 Å². The van der Waals surface area contributed by atoms with Gasteiger partial charge in [0.05, 0.1) is 13.2 Å². The first-order chi connectivity index (χ1) is 24.8. The molecule has 0 aromatic rings. The van der Waals surface area contributed by atoms with E-state index in [1.807, 2.05) is 0 Å². The van der Waals surface area contributed by atoms with Crippen LogP contribution in [0.5, 0.6) is 0 Å². The minimum Gasteiger partial charge on any atom is -0.550 e. The van der Waals surface area contributed by atoms with Crippen molar-refractivity contribution in [2.45, 2.75) is 185 Å². The van der Waals surface area contributed by atoms with E-state index in [4.69, 9.17) is 28.8 Å². The fraction of sp³-hybridized carbons (Fsp3) is 0.886. The minimum absolute atomic E-state index is 0. The van der Waals surface area contributed by atoms with E-state index >= 15 is 0 Å². The molecule has 0 saturated carbocycles. The number of hydrogen-bond acceptors (Lipinski definition) is 14. The van der Waals surface area contributed by atoms with E-state index in [1.54, 1.807) is 6.92 Å². The molecule has 55 heavy (non-hydrogen) atoms. The molecule has 4 N–H and O–H groups in total. The quantitative estimate of drug-likeness (QED) is 0.0183. The van der Waals surface area contributed by atoms with Crippen LogP contribution in [0.4, 0.5) is 0 Å². The van der Waals surface area contributed by atoms with Gasteiger partial charge in [-0.3, -0.25) is 18.7 Å².